The smallest absolute Gasteiger partial charge is 0.246 e. The van der Waals surface area contributed by atoms with Crippen molar-refractivity contribution >= 4 is 23.7 Å². The van der Waals surface area contributed by atoms with Gasteiger partial charge in [-0.15, -0.1) is 0 Å². The van der Waals surface area contributed by atoms with Crippen molar-refractivity contribution in [1.82, 2.24) is 14.9 Å². The Hall–Kier alpha value is -3.49. The van der Waals surface area contributed by atoms with Crippen LogP contribution >= 0.6 is 0 Å². The number of hydrogen-bond donors (Lipinski definition) is 0. The van der Waals surface area contributed by atoms with E-state index in [1.54, 1.807) is 45.6 Å². The summed E-state index contributed by atoms with van der Waals surface area (Å²) in [6.07, 6.45) is 3.33. The number of hydrogen-bond acceptors (Lipinski definition) is 8. The van der Waals surface area contributed by atoms with Gasteiger partial charge < -0.3 is 28.9 Å². The third-order valence-electron chi connectivity index (χ3n) is 5.27. The van der Waals surface area contributed by atoms with Crippen LogP contribution in [0.25, 0.3) is 6.08 Å². The van der Waals surface area contributed by atoms with Gasteiger partial charge in [0.05, 0.1) is 21.3 Å². The predicted octanol–water partition coefficient (Wildman–Crippen LogP) is 2.24. The fourth-order valence-corrected chi connectivity index (χ4v) is 3.50. The molecule has 0 N–H and O–H groups in total. The summed E-state index contributed by atoms with van der Waals surface area (Å²) in [7, 11) is 8.61. The number of amides is 1. The number of carbonyl (C=O) groups excluding carboxylic acids is 1. The fraction of sp³-hybridized carbons (Fsp3) is 0.435. The van der Waals surface area contributed by atoms with E-state index in [-0.39, 0.29) is 5.91 Å². The molecule has 0 aliphatic carbocycles. The van der Waals surface area contributed by atoms with Crippen molar-refractivity contribution in [2.24, 2.45) is 0 Å². The van der Waals surface area contributed by atoms with Gasteiger partial charge in [0.2, 0.25) is 17.6 Å². The Morgan fingerprint density at radius 3 is 2.12 bits per heavy atom. The third kappa shape index (κ3) is 5.22. The number of carbonyl (C=O) groups is 1. The Morgan fingerprint density at radius 1 is 0.969 bits per heavy atom. The molecule has 1 saturated heterocycles. The minimum atomic E-state index is -0.0439. The maximum atomic E-state index is 12.7. The number of aryl methyl sites for hydroxylation is 1. The predicted molar refractivity (Wildman–Crippen MR) is 125 cm³/mol. The first-order chi connectivity index (χ1) is 15.4. The molecule has 0 unspecified atom stereocenters. The number of benzene rings is 1. The van der Waals surface area contributed by atoms with Crippen molar-refractivity contribution in [3.05, 3.63) is 35.5 Å². The number of piperazine rings is 1. The number of anilines is 2. The van der Waals surface area contributed by atoms with E-state index in [2.05, 4.69) is 14.9 Å². The van der Waals surface area contributed by atoms with E-state index in [4.69, 9.17) is 14.2 Å². The van der Waals surface area contributed by atoms with Gasteiger partial charge in [-0.1, -0.05) is 0 Å². The second kappa shape index (κ2) is 10.2. The van der Waals surface area contributed by atoms with Gasteiger partial charge in [0, 0.05) is 58.1 Å². The molecule has 1 fully saturated rings. The van der Waals surface area contributed by atoms with Gasteiger partial charge in [-0.05, 0) is 30.7 Å². The number of ether oxygens (including phenoxy) is 3. The zero-order chi connectivity index (χ0) is 23.3. The summed E-state index contributed by atoms with van der Waals surface area (Å²) < 4.78 is 16.1. The van der Waals surface area contributed by atoms with Crippen LogP contribution in [-0.2, 0) is 4.79 Å². The fourth-order valence-electron chi connectivity index (χ4n) is 3.50. The van der Waals surface area contributed by atoms with Crippen LogP contribution in [0.15, 0.2) is 24.3 Å². The molecule has 1 aromatic heterocycles. The Bertz CT molecular complexity index is 959. The maximum Gasteiger partial charge on any atom is 0.246 e. The molecule has 0 saturated carbocycles. The lowest BCUT2D eigenvalue weighted by molar-refractivity contribution is -0.126. The Balaban J connectivity index is 1.66. The van der Waals surface area contributed by atoms with Gasteiger partial charge in [-0.3, -0.25) is 4.79 Å². The molecule has 2 aromatic rings. The maximum absolute atomic E-state index is 12.7. The zero-order valence-corrected chi connectivity index (χ0v) is 19.6. The van der Waals surface area contributed by atoms with E-state index >= 15 is 0 Å². The van der Waals surface area contributed by atoms with Gasteiger partial charge in [0.1, 0.15) is 5.82 Å². The Labute approximate surface area is 189 Å². The van der Waals surface area contributed by atoms with Crippen LogP contribution in [0.5, 0.6) is 17.2 Å². The van der Waals surface area contributed by atoms with Crippen LogP contribution in [0.2, 0.25) is 0 Å². The van der Waals surface area contributed by atoms with Gasteiger partial charge >= 0.3 is 0 Å². The quantitative estimate of drug-likeness (QED) is 0.606. The Morgan fingerprint density at radius 2 is 1.59 bits per heavy atom. The third-order valence-corrected chi connectivity index (χ3v) is 5.27. The summed E-state index contributed by atoms with van der Waals surface area (Å²) in [4.78, 5) is 27.9. The molecule has 3 rings (SSSR count). The van der Waals surface area contributed by atoms with Crippen LogP contribution in [0, 0.1) is 6.92 Å². The molecule has 1 aliphatic rings. The van der Waals surface area contributed by atoms with Crippen molar-refractivity contribution in [3.63, 3.8) is 0 Å². The van der Waals surface area contributed by atoms with Crippen molar-refractivity contribution in [2.45, 2.75) is 6.92 Å². The van der Waals surface area contributed by atoms with Crippen LogP contribution in [0.3, 0.4) is 0 Å². The standard InChI is InChI=1S/C23H31N5O4/c1-16-13-20(26(2)3)25-23(24-16)28-11-9-27(10-12-28)21(29)8-7-17-14-18(30-4)22(32-6)19(15-17)31-5/h7-8,13-15H,9-12H2,1-6H3/b8-7+. The largest absolute Gasteiger partial charge is 0.493 e. The monoisotopic (exact) mass is 441 g/mol. The minimum absolute atomic E-state index is 0.0439. The van der Waals surface area contributed by atoms with E-state index in [9.17, 15) is 4.79 Å². The lowest BCUT2D eigenvalue weighted by Crippen LogP contribution is -2.49. The normalized spacial score (nSPS) is 13.9. The van der Waals surface area contributed by atoms with Crippen LogP contribution < -0.4 is 24.0 Å². The van der Waals surface area contributed by atoms with Crippen LogP contribution in [0.4, 0.5) is 11.8 Å². The summed E-state index contributed by atoms with van der Waals surface area (Å²) in [5, 5.41) is 0. The van der Waals surface area contributed by atoms with Crippen molar-refractivity contribution in [2.75, 3.05) is 71.4 Å². The van der Waals surface area contributed by atoms with Crippen molar-refractivity contribution in [1.29, 1.82) is 0 Å². The van der Waals surface area contributed by atoms with E-state index in [0.29, 0.717) is 49.4 Å². The average Bonchev–Trinajstić information content (AvgIpc) is 2.81. The Kier molecular flexibility index (Phi) is 7.40. The molecule has 172 valence electrons. The zero-order valence-electron chi connectivity index (χ0n) is 19.6. The molecule has 32 heavy (non-hydrogen) atoms. The van der Waals surface area contributed by atoms with E-state index in [1.165, 1.54) is 0 Å². The first-order valence-corrected chi connectivity index (χ1v) is 10.4. The summed E-state index contributed by atoms with van der Waals surface area (Å²) in [5.74, 6) is 3.14. The summed E-state index contributed by atoms with van der Waals surface area (Å²) in [5.41, 5.74) is 1.71. The topological polar surface area (TPSA) is 80.3 Å². The molecule has 1 aromatic carbocycles. The number of rotatable bonds is 7. The van der Waals surface area contributed by atoms with Gasteiger partial charge in [0.25, 0.3) is 0 Å². The molecule has 1 amide bonds. The SMILES string of the molecule is COc1cc(/C=C/C(=O)N2CCN(c3nc(C)cc(N(C)C)n3)CC2)cc(OC)c1OC. The van der Waals surface area contributed by atoms with Gasteiger partial charge in [-0.2, -0.15) is 4.98 Å². The molecule has 0 radical (unpaired) electrons. The molecule has 9 heteroatoms. The minimum Gasteiger partial charge on any atom is -0.493 e. The number of aromatic nitrogens is 2. The first-order valence-electron chi connectivity index (χ1n) is 10.4. The molecule has 0 spiro atoms. The molecule has 1 aliphatic heterocycles. The van der Waals surface area contributed by atoms with E-state index in [0.717, 1.165) is 17.1 Å². The molecule has 0 atom stereocenters. The highest BCUT2D eigenvalue weighted by Gasteiger charge is 2.22. The first kappa shape index (κ1) is 23.2. The van der Waals surface area contributed by atoms with Gasteiger partial charge in [-0.25, -0.2) is 4.98 Å². The lowest BCUT2D eigenvalue weighted by Gasteiger charge is -2.34. The van der Waals surface area contributed by atoms with E-state index < -0.39 is 0 Å². The number of nitrogens with zero attached hydrogens (tertiary/aromatic N) is 5. The molecular formula is C23H31N5O4. The second-order valence-corrected chi connectivity index (χ2v) is 7.67. The molecule has 9 nitrogen and oxygen atoms in total. The molecular weight excluding hydrogens is 410 g/mol. The summed E-state index contributed by atoms with van der Waals surface area (Å²) >= 11 is 0. The van der Waals surface area contributed by atoms with Crippen LogP contribution in [0.1, 0.15) is 11.3 Å². The highest BCUT2D eigenvalue weighted by Crippen LogP contribution is 2.38. The summed E-state index contributed by atoms with van der Waals surface area (Å²) in [6.45, 7) is 4.53. The summed E-state index contributed by atoms with van der Waals surface area (Å²) in [6, 6.07) is 5.57. The van der Waals surface area contributed by atoms with Crippen molar-refractivity contribution in [3.8, 4) is 17.2 Å². The second-order valence-electron chi connectivity index (χ2n) is 7.67. The highest BCUT2D eigenvalue weighted by atomic mass is 16.5. The van der Waals surface area contributed by atoms with Crippen molar-refractivity contribution < 1.29 is 19.0 Å². The molecule has 2 heterocycles. The van der Waals surface area contributed by atoms with Crippen LogP contribution in [-0.4, -0.2) is 82.4 Å². The average molecular weight is 442 g/mol. The molecule has 0 bridgehead atoms. The number of methoxy groups -OCH3 is 3. The highest BCUT2D eigenvalue weighted by molar-refractivity contribution is 5.92. The van der Waals surface area contributed by atoms with E-state index in [1.807, 2.05) is 36.9 Å². The lowest BCUT2D eigenvalue weighted by atomic mass is 10.1. The van der Waals surface area contributed by atoms with Gasteiger partial charge in [0.15, 0.2) is 11.5 Å².